The van der Waals surface area contributed by atoms with Crippen molar-refractivity contribution in [3.63, 3.8) is 0 Å². The fourth-order valence-corrected chi connectivity index (χ4v) is 2.23. The molecule has 106 valence electrons. The highest BCUT2D eigenvalue weighted by molar-refractivity contribution is 6.16. The summed E-state index contributed by atoms with van der Waals surface area (Å²) in [6, 6.07) is 0.320. The van der Waals surface area contributed by atoms with Crippen molar-refractivity contribution >= 4 is 28.7 Å². The molecule has 8 heteroatoms. The molecule has 0 aliphatic heterocycles. The summed E-state index contributed by atoms with van der Waals surface area (Å²) >= 11 is 5.90. The highest BCUT2D eigenvalue weighted by Gasteiger charge is 2.24. The number of halogens is 1. The minimum atomic E-state index is -0.0595. The van der Waals surface area contributed by atoms with Gasteiger partial charge < -0.3 is 14.6 Å². The third-order valence-electron chi connectivity index (χ3n) is 3.13. The molecule has 2 aromatic rings. The van der Waals surface area contributed by atoms with Crippen LogP contribution in [-0.4, -0.2) is 38.6 Å². The molecule has 1 saturated carbocycles. The summed E-state index contributed by atoms with van der Waals surface area (Å²) in [6.45, 7) is 0.148. The molecule has 0 radical (unpaired) electrons. The van der Waals surface area contributed by atoms with Gasteiger partial charge in [-0.15, -0.1) is 11.6 Å². The Balaban J connectivity index is 1.96. The van der Waals surface area contributed by atoms with Gasteiger partial charge in [-0.3, -0.25) is 4.79 Å². The van der Waals surface area contributed by atoms with Gasteiger partial charge in [0, 0.05) is 6.04 Å². The van der Waals surface area contributed by atoms with Crippen LogP contribution in [0.5, 0.6) is 5.88 Å². The van der Waals surface area contributed by atoms with E-state index < -0.39 is 0 Å². The van der Waals surface area contributed by atoms with Gasteiger partial charge in [0.2, 0.25) is 11.8 Å². The van der Waals surface area contributed by atoms with Crippen LogP contribution in [0.3, 0.4) is 0 Å². The number of aromatic nitrogens is 4. The topological polar surface area (TPSA) is 81.9 Å². The van der Waals surface area contributed by atoms with Crippen molar-refractivity contribution in [2.24, 2.45) is 0 Å². The number of amides is 1. The molecule has 1 aliphatic rings. The number of alkyl halides is 1. The third kappa shape index (κ3) is 2.40. The quantitative estimate of drug-likeness (QED) is 0.827. The summed E-state index contributed by atoms with van der Waals surface area (Å²) in [5, 5.41) is 2.93. The van der Waals surface area contributed by atoms with Crippen LogP contribution in [0.15, 0.2) is 6.33 Å². The van der Waals surface area contributed by atoms with Gasteiger partial charge in [0.15, 0.2) is 11.2 Å². The van der Waals surface area contributed by atoms with E-state index in [-0.39, 0.29) is 18.3 Å². The Morgan fingerprint density at radius 2 is 2.35 bits per heavy atom. The number of hydrogen-bond donors (Lipinski definition) is 1. The number of ether oxygens (including phenoxy) is 1. The van der Waals surface area contributed by atoms with Crippen molar-refractivity contribution in [3.8, 4) is 5.88 Å². The molecule has 2 aromatic heterocycles. The first-order chi connectivity index (χ1) is 9.72. The molecule has 0 aromatic carbocycles. The van der Waals surface area contributed by atoms with Crippen LogP contribution >= 0.6 is 11.6 Å². The summed E-state index contributed by atoms with van der Waals surface area (Å²) in [4.78, 5) is 24.5. The van der Waals surface area contributed by atoms with Gasteiger partial charge in [-0.25, -0.2) is 9.97 Å². The Hall–Kier alpha value is -1.89. The van der Waals surface area contributed by atoms with Gasteiger partial charge in [-0.2, -0.15) is 4.98 Å². The fraction of sp³-hybridized carbons (Fsp3) is 0.500. The summed E-state index contributed by atoms with van der Waals surface area (Å²) in [5.74, 6) is 1.08. The number of nitrogens with one attached hydrogen (secondary N) is 1. The Kier molecular flexibility index (Phi) is 3.43. The third-order valence-corrected chi connectivity index (χ3v) is 3.37. The smallest absolute Gasteiger partial charge is 0.245 e. The second kappa shape index (κ2) is 5.24. The van der Waals surface area contributed by atoms with Crippen LogP contribution in [0.1, 0.15) is 18.7 Å². The van der Waals surface area contributed by atoms with E-state index in [0.29, 0.717) is 28.9 Å². The van der Waals surface area contributed by atoms with E-state index in [1.807, 2.05) is 0 Å². The summed E-state index contributed by atoms with van der Waals surface area (Å²) in [5.41, 5.74) is 1.07. The molecule has 1 fully saturated rings. The minimum absolute atomic E-state index is 0.0595. The number of imidazole rings is 1. The molecule has 0 atom stereocenters. The van der Waals surface area contributed by atoms with Crippen molar-refractivity contribution in [1.29, 1.82) is 0 Å². The molecule has 1 aliphatic carbocycles. The lowest BCUT2D eigenvalue weighted by molar-refractivity contribution is -0.121. The zero-order chi connectivity index (χ0) is 14.1. The van der Waals surface area contributed by atoms with E-state index in [4.69, 9.17) is 16.3 Å². The first kappa shape index (κ1) is 13.1. The molecule has 2 heterocycles. The number of fused-ring (bicyclic) bond motifs is 1. The van der Waals surface area contributed by atoms with Gasteiger partial charge in [-0.1, -0.05) is 0 Å². The zero-order valence-corrected chi connectivity index (χ0v) is 11.7. The molecule has 20 heavy (non-hydrogen) atoms. The second-order valence-electron chi connectivity index (χ2n) is 4.64. The maximum Gasteiger partial charge on any atom is 0.245 e. The Labute approximate surface area is 120 Å². The Bertz CT molecular complexity index is 653. The van der Waals surface area contributed by atoms with Crippen LogP contribution < -0.4 is 10.1 Å². The van der Waals surface area contributed by atoms with Crippen LogP contribution in [-0.2, 0) is 17.2 Å². The first-order valence-electron chi connectivity index (χ1n) is 6.32. The van der Waals surface area contributed by atoms with Crippen LogP contribution in [0.25, 0.3) is 11.2 Å². The van der Waals surface area contributed by atoms with E-state index >= 15 is 0 Å². The Morgan fingerprint density at radius 1 is 1.55 bits per heavy atom. The van der Waals surface area contributed by atoms with E-state index in [2.05, 4.69) is 20.3 Å². The lowest BCUT2D eigenvalue weighted by Gasteiger charge is -2.07. The molecule has 0 saturated heterocycles. The monoisotopic (exact) mass is 295 g/mol. The standard InChI is InChI=1S/C12H14ClN5O2/c1-20-12-10-11(14-6-15-12)18(8(4-13)17-10)5-9(19)16-7-2-3-7/h6-7H,2-5H2,1H3,(H,16,19). The number of carbonyl (C=O) groups excluding carboxylic acids is 1. The maximum atomic E-state index is 11.9. The number of rotatable bonds is 5. The number of methoxy groups -OCH3 is 1. The molecular weight excluding hydrogens is 282 g/mol. The normalized spacial score (nSPS) is 14.5. The molecule has 7 nitrogen and oxygen atoms in total. The van der Waals surface area contributed by atoms with Gasteiger partial charge >= 0.3 is 0 Å². The van der Waals surface area contributed by atoms with Crippen LogP contribution in [0.4, 0.5) is 0 Å². The predicted molar refractivity (Wildman–Crippen MR) is 72.6 cm³/mol. The maximum absolute atomic E-state index is 11.9. The van der Waals surface area contributed by atoms with Crippen molar-refractivity contribution < 1.29 is 9.53 Å². The van der Waals surface area contributed by atoms with Crippen LogP contribution in [0.2, 0.25) is 0 Å². The summed E-state index contributed by atoms with van der Waals surface area (Å²) in [6.07, 6.45) is 3.49. The zero-order valence-electron chi connectivity index (χ0n) is 11.0. The molecule has 3 rings (SSSR count). The Morgan fingerprint density at radius 3 is 3.00 bits per heavy atom. The van der Waals surface area contributed by atoms with Crippen molar-refractivity contribution in [2.75, 3.05) is 7.11 Å². The molecular formula is C12H14ClN5O2. The summed E-state index contributed by atoms with van der Waals surface area (Å²) in [7, 11) is 1.51. The second-order valence-corrected chi connectivity index (χ2v) is 4.91. The fourth-order valence-electron chi connectivity index (χ4n) is 2.02. The van der Waals surface area contributed by atoms with Crippen molar-refractivity contribution in [1.82, 2.24) is 24.8 Å². The van der Waals surface area contributed by atoms with E-state index in [1.54, 1.807) is 4.57 Å². The molecule has 1 N–H and O–H groups in total. The van der Waals surface area contributed by atoms with E-state index in [1.165, 1.54) is 13.4 Å². The van der Waals surface area contributed by atoms with Crippen molar-refractivity contribution in [2.45, 2.75) is 31.3 Å². The van der Waals surface area contributed by atoms with Gasteiger partial charge in [0.25, 0.3) is 0 Å². The molecule has 0 spiro atoms. The first-order valence-corrected chi connectivity index (χ1v) is 6.85. The molecule has 0 unspecified atom stereocenters. The van der Waals surface area contributed by atoms with Gasteiger partial charge in [0.1, 0.15) is 18.7 Å². The van der Waals surface area contributed by atoms with E-state index in [9.17, 15) is 4.79 Å². The highest BCUT2D eigenvalue weighted by Crippen LogP contribution is 2.23. The molecule has 1 amide bonds. The predicted octanol–water partition coefficient (Wildman–Crippen LogP) is 0.852. The van der Waals surface area contributed by atoms with Gasteiger partial charge in [0.05, 0.1) is 13.0 Å². The number of nitrogens with zero attached hydrogens (tertiary/aromatic N) is 4. The summed E-state index contributed by atoms with van der Waals surface area (Å²) < 4.78 is 6.85. The average Bonchev–Trinajstić information content (AvgIpc) is 3.19. The van der Waals surface area contributed by atoms with E-state index in [0.717, 1.165) is 12.8 Å². The minimum Gasteiger partial charge on any atom is -0.479 e. The SMILES string of the molecule is COc1ncnc2c1nc(CCl)n2CC(=O)NC1CC1. The van der Waals surface area contributed by atoms with Crippen LogP contribution in [0, 0.1) is 0 Å². The van der Waals surface area contributed by atoms with Crippen molar-refractivity contribution in [3.05, 3.63) is 12.2 Å². The average molecular weight is 296 g/mol. The lowest BCUT2D eigenvalue weighted by atomic mass is 10.5. The number of carbonyl (C=O) groups is 1. The largest absolute Gasteiger partial charge is 0.479 e. The number of hydrogen-bond acceptors (Lipinski definition) is 5. The molecule has 0 bridgehead atoms. The highest BCUT2D eigenvalue weighted by atomic mass is 35.5. The van der Waals surface area contributed by atoms with Gasteiger partial charge in [-0.05, 0) is 12.8 Å². The lowest BCUT2D eigenvalue weighted by Crippen LogP contribution is -2.29.